The molecule has 0 spiro atoms. The quantitative estimate of drug-likeness (QED) is 0.762. The maximum Gasteiger partial charge on any atom is 0.255 e. The van der Waals surface area contributed by atoms with Crippen LogP contribution in [0.5, 0.6) is 5.88 Å². The maximum absolute atomic E-state index is 12.6. The molecule has 1 heterocycles. The third-order valence-electron chi connectivity index (χ3n) is 1.03. The zero-order valence-electron chi connectivity index (χ0n) is 6.24. The van der Waals surface area contributed by atoms with Crippen LogP contribution in [0.1, 0.15) is 10.5 Å². The predicted octanol–water partition coefficient (Wildman–Crippen LogP) is 0.609. The maximum atomic E-state index is 12.6. The van der Waals surface area contributed by atoms with E-state index < -0.39 is 11.5 Å². The molecule has 1 aromatic rings. The van der Waals surface area contributed by atoms with Crippen LogP contribution >= 0.6 is 23.1 Å². The van der Waals surface area contributed by atoms with Crippen molar-refractivity contribution in [3.05, 3.63) is 4.88 Å². The van der Waals surface area contributed by atoms with E-state index in [-0.39, 0.29) is 17.4 Å². The lowest BCUT2D eigenvalue weighted by Crippen LogP contribution is -2.20. The Morgan fingerprint density at radius 3 is 3.08 bits per heavy atom. The first-order chi connectivity index (χ1) is 6.11. The van der Waals surface area contributed by atoms with Gasteiger partial charge in [0.1, 0.15) is 4.88 Å². The van der Waals surface area contributed by atoms with Crippen molar-refractivity contribution < 1.29 is 13.9 Å². The van der Waals surface area contributed by atoms with Crippen LogP contribution in [0, 0.1) is 0 Å². The molecule has 72 valence electrons. The van der Waals surface area contributed by atoms with Crippen LogP contribution in [-0.4, -0.2) is 22.1 Å². The molecule has 1 atom stereocenters. The van der Waals surface area contributed by atoms with Crippen molar-refractivity contribution in [2.24, 2.45) is 5.73 Å². The number of nitrogens with two attached hydrogens (primary N) is 1. The minimum absolute atomic E-state index is 0.0305. The monoisotopic (exact) mass is 225 g/mol. The van der Waals surface area contributed by atoms with Gasteiger partial charge < -0.3 is 10.5 Å². The number of hydrogen-bond acceptors (Lipinski definition) is 5. The summed E-state index contributed by atoms with van der Waals surface area (Å²) in [5.41, 5.74) is 3.07. The van der Waals surface area contributed by atoms with E-state index in [2.05, 4.69) is 9.59 Å². The van der Waals surface area contributed by atoms with Gasteiger partial charge in [-0.2, -0.15) is 0 Å². The van der Waals surface area contributed by atoms with Crippen molar-refractivity contribution in [3.8, 4) is 5.88 Å². The lowest BCUT2D eigenvalue weighted by Gasteiger charge is -2.00. The van der Waals surface area contributed by atoms with E-state index in [9.17, 15) is 9.18 Å². The molecule has 13 heavy (non-hydrogen) atoms. The Labute approximate surface area is 81.8 Å². The topological polar surface area (TPSA) is 78.1 Å². The molecule has 5 nitrogen and oxygen atoms in total. The Hall–Kier alpha value is -0.950. The molecule has 0 aromatic carbocycles. The van der Waals surface area contributed by atoms with Crippen LogP contribution in [0.3, 0.4) is 0 Å². The number of ether oxygens (including phenoxy) is 1. The van der Waals surface area contributed by atoms with Crippen LogP contribution in [0.2, 0.25) is 0 Å². The van der Waals surface area contributed by atoms with Crippen molar-refractivity contribution in [1.29, 1.82) is 0 Å². The van der Waals surface area contributed by atoms with Gasteiger partial charge in [0.2, 0.25) is 5.63 Å². The molecular weight excluding hydrogens is 221 g/mol. The lowest BCUT2D eigenvalue weighted by molar-refractivity contribution is -0.120. The second-order valence-electron chi connectivity index (χ2n) is 2.00. The number of nitrogens with zero attached hydrogens (tertiary/aromatic N) is 2. The Kier molecular flexibility index (Phi) is 3.38. The van der Waals surface area contributed by atoms with E-state index in [1.807, 2.05) is 0 Å². The van der Waals surface area contributed by atoms with Crippen LogP contribution in [-0.2, 0) is 4.79 Å². The van der Waals surface area contributed by atoms with Crippen molar-refractivity contribution in [3.63, 3.8) is 0 Å². The highest BCUT2D eigenvalue weighted by Crippen LogP contribution is 2.31. The lowest BCUT2D eigenvalue weighted by atomic mass is 10.5. The smallest absolute Gasteiger partial charge is 0.255 e. The Morgan fingerprint density at radius 2 is 2.54 bits per heavy atom. The SMILES string of the molecule is NC(=O)COc1nnsc1C(F)Cl. The van der Waals surface area contributed by atoms with Crippen LogP contribution in [0.15, 0.2) is 0 Å². The normalized spacial score (nSPS) is 12.5. The van der Waals surface area contributed by atoms with Gasteiger partial charge in [0, 0.05) is 0 Å². The van der Waals surface area contributed by atoms with Gasteiger partial charge in [-0.1, -0.05) is 21.2 Å². The van der Waals surface area contributed by atoms with Gasteiger partial charge in [-0.25, -0.2) is 4.39 Å². The molecule has 1 aromatic heterocycles. The van der Waals surface area contributed by atoms with Crippen molar-refractivity contribution in [1.82, 2.24) is 9.59 Å². The predicted molar refractivity (Wildman–Crippen MR) is 44.3 cm³/mol. The van der Waals surface area contributed by atoms with E-state index in [0.717, 1.165) is 11.5 Å². The highest BCUT2D eigenvalue weighted by Gasteiger charge is 2.17. The summed E-state index contributed by atoms with van der Waals surface area (Å²) in [6, 6.07) is 0. The van der Waals surface area contributed by atoms with E-state index >= 15 is 0 Å². The molecule has 0 saturated carbocycles. The Balaban J connectivity index is 2.65. The third-order valence-corrected chi connectivity index (χ3v) is 2.12. The average Bonchev–Trinajstić information content (AvgIpc) is 2.47. The average molecular weight is 226 g/mol. The summed E-state index contributed by atoms with van der Waals surface area (Å²) in [5.74, 6) is -0.768. The molecule has 0 aliphatic carbocycles. The Morgan fingerprint density at radius 1 is 1.85 bits per heavy atom. The molecule has 0 aliphatic heterocycles. The first-order valence-electron chi connectivity index (χ1n) is 3.12. The first-order valence-corrected chi connectivity index (χ1v) is 4.33. The molecule has 1 rings (SSSR count). The highest BCUT2D eigenvalue weighted by atomic mass is 35.5. The molecule has 0 bridgehead atoms. The van der Waals surface area contributed by atoms with Crippen molar-refractivity contribution in [2.45, 2.75) is 5.63 Å². The molecular formula is C5H5ClFN3O2S. The molecule has 0 aliphatic rings. The number of halogens is 2. The minimum atomic E-state index is -1.73. The number of rotatable bonds is 4. The van der Waals surface area contributed by atoms with Gasteiger partial charge in [-0.3, -0.25) is 4.79 Å². The first kappa shape index (κ1) is 10.1. The van der Waals surface area contributed by atoms with Gasteiger partial charge >= 0.3 is 0 Å². The zero-order chi connectivity index (χ0) is 9.84. The molecule has 8 heteroatoms. The highest BCUT2D eigenvalue weighted by molar-refractivity contribution is 7.06. The van der Waals surface area contributed by atoms with Crippen LogP contribution in [0.4, 0.5) is 4.39 Å². The largest absolute Gasteiger partial charge is 0.466 e. The fraction of sp³-hybridized carbons (Fsp3) is 0.400. The molecule has 0 radical (unpaired) electrons. The van der Waals surface area contributed by atoms with Gasteiger partial charge in [0.25, 0.3) is 11.8 Å². The number of hydrogen-bond donors (Lipinski definition) is 1. The summed E-state index contributed by atoms with van der Waals surface area (Å²) in [7, 11) is 0. The third kappa shape index (κ3) is 2.78. The standard InChI is InChI=1S/C5H5ClFN3O2S/c6-4(7)3-5(9-10-13-3)12-1-2(8)11/h4H,1H2,(H2,8,11). The second-order valence-corrected chi connectivity index (χ2v) is 3.17. The molecule has 1 unspecified atom stereocenters. The number of amides is 1. The van der Waals surface area contributed by atoms with Gasteiger partial charge in [-0.05, 0) is 11.5 Å². The Bertz CT molecular complexity index is 306. The second kappa shape index (κ2) is 4.33. The van der Waals surface area contributed by atoms with E-state index in [1.54, 1.807) is 0 Å². The number of carbonyl (C=O) groups excluding carboxylic acids is 1. The minimum Gasteiger partial charge on any atom is -0.466 e. The fourth-order valence-corrected chi connectivity index (χ4v) is 1.24. The summed E-state index contributed by atoms with van der Waals surface area (Å²) < 4.78 is 20.7. The van der Waals surface area contributed by atoms with Crippen LogP contribution < -0.4 is 10.5 Å². The van der Waals surface area contributed by atoms with Crippen molar-refractivity contribution >= 4 is 29.0 Å². The van der Waals surface area contributed by atoms with Gasteiger partial charge in [-0.15, -0.1) is 0 Å². The summed E-state index contributed by atoms with van der Waals surface area (Å²) in [6.07, 6.45) is 0. The molecule has 0 fully saturated rings. The van der Waals surface area contributed by atoms with Gasteiger partial charge in [0.15, 0.2) is 6.61 Å². The number of aromatic nitrogens is 2. The number of primary amides is 1. The van der Waals surface area contributed by atoms with E-state index in [0.29, 0.717) is 0 Å². The summed E-state index contributed by atoms with van der Waals surface area (Å²) in [5, 5.41) is 3.42. The van der Waals surface area contributed by atoms with Crippen LogP contribution in [0.25, 0.3) is 0 Å². The summed E-state index contributed by atoms with van der Waals surface area (Å²) in [6.45, 7) is -0.373. The van der Waals surface area contributed by atoms with Crippen molar-refractivity contribution in [2.75, 3.05) is 6.61 Å². The van der Waals surface area contributed by atoms with E-state index in [4.69, 9.17) is 22.1 Å². The van der Waals surface area contributed by atoms with E-state index in [1.165, 1.54) is 0 Å². The zero-order valence-corrected chi connectivity index (χ0v) is 7.81. The fourth-order valence-electron chi connectivity index (χ4n) is 0.562. The molecule has 2 N–H and O–H groups in total. The number of alkyl halides is 2. The molecule has 1 amide bonds. The summed E-state index contributed by atoms with van der Waals surface area (Å²) >= 11 is 5.90. The molecule has 0 saturated heterocycles. The van der Waals surface area contributed by atoms with Gasteiger partial charge in [0.05, 0.1) is 0 Å². The summed E-state index contributed by atoms with van der Waals surface area (Å²) in [4.78, 5) is 10.3. The number of carbonyl (C=O) groups is 1.